The highest BCUT2D eigenvalue weighted by atomic mass is 35.5. The Balaban J connectivity index is 1.58. The predicted octanol–water partition coefficient (Wildman–Crippen LogP) is 4.12. The highest BCUT2D eigenvalue weighted by Crippen LogP contribution is 2.43. The molecule has 1 N–H and O–H groups in total. The molecule has 1 saturated heterocycles. The summed E-state index contributed by atoms with van der Waals surface area (Å²) in [5.74, 6) is -0.179. The molecule has 2 amide bonds. The predicted molar refractivity (Wildman–Crippen MR) is 130 cm³/mol. The van der Waals surface area contributed by atoms with Gasteiger partial charge in [-0.15, -0.1) is 0 Å². The van der Waals surface area contributed by atoms with E-state index < -0.39 is 0 Å². The van der Waals surface area contributed by atoms with Crippen LogP contribution in [0.1, 0.15) is 55.1 Å². The Morgan fingerprint density at radius 3 is 2.79 bits per heavy atom. The molecular formula is C26H29ClN4O2. The Bertz CT molecular complexity index is 1120. The molecule has 6 nitrogen and oxygen atoms in total. The minimum atomic E-state index is -0.379. The molecule has 0 saturated carbocycles. The second kappa shape index (κ2) is 9.17. The Morgan fingerprint density at radius 2 is 2.03 bits per heavy atom. The van der Waals surface area contributed by atoms with Gasteiger partial charge in [0.05, 0.1) is 12.6 Å². The molecule has 7 heteroatoms. The monoisotopic (exact) mass is 464 g/mol. The second-order valence-electron chi connectivity index (χ2n) is 9.40. The highest BCUT2D eigenvalue weighted by molar-refractivity contribution is 6.31. The molecular weight excluding hydrogens is 436 g/mol. The number of nitrogens with zero attached hydrogens (tertiary/aromatic N) is 3. The van der Waals surface area contributed by atoms with E-state index in [4.69, 9.17) is 11.6 Å². The summed E-state index contributed by atoms with van der Waals surface area (Å²) in [7, 11) is 0. The lowest BCUT2D eigenvalue weighted by molar-refractivity contribution is -0.130. The molecule has 0 aromatic heterocycles. The van der Waals surface area contributed by atoms with Gasteiger partial charge in [-0.05, 0) is 49.1 Å². The number of rotatable bonds is 5. The molecule has 0 aliphatic carbocycles. The zero-order chi connectivity index (χ0) is 23.8. The maximum atomic E-state index is 13.7. The number of carbonyl (C=O) groups excluding carboxylic acids is 2. The first-order valence-corrected chi connectivity index (χ1v) is 11.8. The fourth-order valence-electron chi connectivity index (χ4n) is 4.96. The molecule has 2 aliphatic heterocycles. The third-order valence-corrected chi connectivity index (χ3v) is 7.01. The molecule has 1 fully saturated rings. The van der Waals surface area contributed by atoms with Gasteiger partial charge in [-0.1, -0.05) is 49.7 Å². The van der Waals surface area contributed by atoms with Crippen LogP contribution in [-0.4, -0.2) is 48.4 Å². The SMILES string of the molecule is C[C@@H](CN1C(=O)c2cc(Cl)ccc2C(C)(C)c2ccccc21)NCC(=O)N1CCCC1C#N. The normalized spacial score (nSPS) is 20.0. The highest BCUT2D eigenvalue weighted by Gasteiger charge is 2.37. The third-order valence-electron chi connectivity index (χ3n) is 6.78. The van der Waals surface area contributed by atoms with E-state index in [1.165, 1.54) is 0 Å². The van der Waals surface area contributed by atoms with Crippen LogP contribution < -0.4 is 10.2 Å². The van der Waals surface area contributed by atoms with Crippen molar-refractivity contribution in [2.45, 2.75) is 51.1 Å². The van der Waals surface area contributed by atoms with E-state index in [9.17, 15) is 14.9 Å². The minimum absolute atomic E-state index is 0.0771. The van der Waals surface area contributed by atoms with Crippen LogP contribution in [0, 0.1) is 11.3 Å². The number of hydrogen-bond acceptors (Lipinski definition) is 4. The lowest BCUT2D eigenvalue weighted by atomic mass is 9.76. The first kappa shape index (κ1) is 23.3. The fourth-order valence-corrected chi connectivity index (χ4v) is 5.13. The van der Waals surface area contributed by atoms with Crippen molar-refractivity contribution in [3.05, 3.63) is 64.2 Å². The van der Waals surface area contributed by atoms with Gasteiger partial charge in [0.25, 0.3) is 5.91 Å². The van der Waals surface area contributed by atoms with Gasteiger partial charge in [-0.2, -0.15) is 5.26 Å². The number of nitriles is 1. The smallest absolute Gasteiger partial charge is 0.258 e. The number of para-hydroxylation sites is 1. The van der Waals surface area contributed by atoms with E-state index in [-0.39, 0.29) is 35.9 Å². The maximum Gasteiger partial charge on any atom is 0.258 e. The van der Waals surface area contributed by atoms with Crippen molar-refractivity contribution in [2.75, 3.05) is 24.5 Å². The van der Waals surface area contributed by atoms with Crippen molar-refractivity contribution in [3.63, 3.8) is 0 Å². The number of amides is 2. The Kier molecular flexibility index (Phi) is 6.47. The molecule has 2 aromatic rings. The van der Waals surface area contributed by atoms with Gasteiger partial charge in [0.1, 0.15) is 6.04 Å². The number of nitrogens with one attached hydrogen (secondary N) is 1. The van der Waals surface area contributed by atoms with E-state index in [0.29, 0.717) is 23.7 Å². The van der Waals surface area contributed by atoms with Crippen molar-refractivity contribution < 1.29 is 9.59 Å². The third kappa shape index (κ3) is 4.36. The topological polar surface area (TPSA) is 76.4 Å². The van der Waals surface area contributed by atoms with E-state index in [1.807, 2.05) is 37.3 Å². The molecule has 1 unspecified atom stereocenters. The standard InChI is InChI=1S/C26H29ClN4O2/c1-17(29-15-24(32)30-12-6-7-19(30)14-28)16-31-23-9-5-4-8-22(23)26(2,3)21-11-10-18(27)13-20(21)25(31)33/h4-5,8-11,13,17,19,29H,6-7,12,15-16H2,1-3H3/t17-,19?/m0/s1. The molecule has 172 valence electrons. The molecule has 0 radical (unpaired) electrons. The van der Waals surface area contributed by atoms with Crippen LogP contribution in [0.3, 0.4) is 0 Å². The zero-order valence-corrected chi connectivity index (χ0v) is 20.0. The van der Waals surface area contributed by atoms with Crippen LogP contribution in [0.25, 0.3) is 0 Å². The van der Waals surface area contributed by atoms with Crippen molar-refractivity contribution in [1.82, 2.24) is 10.2 Å². The summed E-state index contributed by atoms with van der Waals surface area (Å²) in [4.78, 5) is 29.8. The van der Waals surface area contributed by atoms with Gasteiger partial charge in [0, 0.05) is 40.8 Å². The summed E-state index contributed by atoms with van der Waals surface area (Å²) >= 11 is 6.28. The van der Waals surface area contributed by atoms with E-state index in [1.54, 1.807) is 15.9 Å². The molecule has 2 atom stereocenters. The van der Waals surface area contributed by atoms with Crippen LogP contribution in [0.5, 0.6) is 0 Å². The minimum Gasteiger partial charge on any atom is -0.326 e. The van der Waals surface area contributed by atoms with Crippen LogP contribution in [0.4, 0.5) is 5.69 Å². The van der Waals surface area contributed by atoms with Crippen LogP contribution in [0.2, 0.25) is 5.02 Å². The first-order valence-electron chi connectivity index (χ1n) is 11.4. The average Bonchev–Trinajstić information content (AvgIpc) is 3.27. The summed E-state index contributed by atoms with van der Waals surface area (Å²) in [6.07, 6.45) is 1.59. The molecule has 0 bridgehead atoms. The van der Waals surface area contributed by atoms with E-state index in [2.05, 4.69) is 31.3 Å². The van der Waals surface area contributed by atoms with Gasteiger partial charge >= 0.3 is 0 Å². The van der Waals surface area contributed by atoms with Crippen LogP contribution >= 0.6 is 11.6 Å². The lowest BCUT2D eigenvalue weighted by Gasteiger charge is -2.30. The van der Waals surface area contributed by atoms with Gasteiger partial charge in [0.15, 0.2) is 0 Å². The number of fused-ring (bicyclic) bond motifs is 2. The van der Waals surface area contributed by atoms with Crippen LogP contribution in [0.15, 0.2) is 42.5 Å². The molecule has 2 heterocycles. The summed E-state index contributed by atoms with van der Waals surface area (Å²) in [6.45, 7) is 7.36. The summed E-state index contributed by atoms with van der Waals surface area (Å²) in [6, 6.07) is 15.2. The summed E-state index contributed by atoms with van der Waals surface area (Å²) in [5, 5.41) is 13.0. The zero-order valence-electron chi connectivity index (χ0n) is 19.3. The molecule has 33 heavy (non-hydrogen) atoms. The van der Waals surface area contributed by atoms with Gasteiger partial charge in [-0.3, -0.25) is 9.59 Å². The Labute approximate surface area is 200 Å². The maximum absolute atomic E-state index is 13.7. The number of anilines is 1. The van der Waals surface area contributed by atoms with E-state index in [0.717, 1.165) is 29.7 Å². The number of benzene rings is 2. The number of carbonyl (C=O) groups is 2. The number of hydrogen-bond donors (Lipinski definition) is 1. The number of halogens is 1. The van der Waals surface area contributed by atoms with Gasteiger partial charge in [-0.25, -0.2) is 0 Å². The van der Waals surface area contributed by atoms with Crippen LogP contribution in [-0.2, 0) is 10.2 Å². The Morgan fingerprint density at radius 1 is 1.27 bits per heavy atom. The quantitative estimate of drug-likeness (QED) is 0.722. The fraction of sp³-hybridized carbons (Fsp3) is 0.423. The summed E-state index contributed by atoms with van der Waals surface area (Å²) in [5.41, 5.74) is 3.09. The Hall–Kier alpha value is -2.88. The van der Waals surface area contributed by atoms with Gasteiger partial charge < -0.3 is 15.1 Å². The van der Waals surface area contributed by atoms with Crippen molar-refractivity contribution in [2.24, 2.45) is 0 Å². The lowest BCUT2D eigenvalue weighted by Crippen LogP contribution is -2.47. The number of likely N-dealkylation sites (tertiary alicyclic amines) is 1. The van der Waals surface area contributed by atoms with Crippen molar-refractivity contribution in [1.29, 1.82) is 5.26 Å². The average molecular weight is 465 g/mol. The van der Waals surface area contributed by atoms with Crippen molar-refractivity contribution >= 4 is 29.1 Å². The van der Waals surface area contributed by atoms with Gasteiger partial charge in [0.2, 0.25) is 5.91 Å². The second-order valence-corrected chi connectivity index (χ2v) is 9.84. The van der Waals surface area contributed by atoms with Crippen molar-refractivity contribution in [3.8, 4) is 6.07 Å². The molecule has 2 aliphatic rings. The molecule has 4 rings (SSSR count). The summed E-state index contributed by atoms with van der Waals surface area (Å²) < 4.78 is 0. The molecule has 2 aromatic carbocycles. The first-order chi connectivity index (χ1) is 15.7. The van der Waals surface area contributed by atoms with E-state index >= 15 is 0 Å². The molecule has 0 spiro atoms. The largest absolute Gasteiger partial charge is 0.326 e.